The Hall–Kier alpha value is -2.81. The zero-order chi connectivity index (χ0) is 17.6. The maximum Gasteiger partial charge on any atom is 0.320 e. The molecule has 0 aromatic heterocycles. The lowest BCUT2D eigenvalue weighted by Crippen LogP contribution is -2.33. The van der Waals surface area contributed by atoms with Gasteiger partial charge in [0.25, 0.3) is 0 Å². The predicted octanol–water partition coefficient (Wildman–Crippen LogP) is 4.70. The Bertz CT molecular complexity index is 990. The third-order valence-electron chi connectivity index (χ3n) is 5.16. The highest BCUT2D eigenvalue weighted by molar-refractivity contribution is 6.02. The number of rotatable bonds is 3. The van der Waals surface area contributed by atoms with Crippen LogP contribution >= 0.6 is 0 Å². The van der Waals surface area contributed by atoms with Crippen LogP contribution in [0, 0.1) is 0 Å². The normalized spacial score (nSPS) is 17.9. The zero-order valence-electron chi connectivity index (χ0n) is 14.6. The fourth-order valence-corrected chi connectivity index (χ4v) is 3.82. The van der Waals surface area contributed by atoms with Gasteiger partial charge in [0.2, 0.25) is 0 Å². The van der Waals surface area contributed by atoms with E-state index in [-0.39, 0.29) is 5.97 Å². The number of carbonyl (C=O) groups is 1. The van der Waals surface area contributed by atoms with Crippen molar-refractivity contribution in [1.82, 2.24) is 0 Å². The van der Waals surface area contributed by atoms with E-state index in [2.05, 4.69) is 24.3 Å². The highest BCUT2D eigenvalue weighted by Crippen LogP contribution is 2.51. The maximum atomic E-state index is 13.0. The van der Waals surface area contributed by atoms with E-state index in [1.54, 1.807) is 7.11 Å². The third-order valence-corrected chi connectivity index (χ3v) is 5.16. The molecule has 0 aliphatic heterocycles. The molecule has 3 heteroatoms. The molecule has 0 amide bonds. The van der Waals surface area contributed by atoms with Crippen LogP contribution in [0.3, 0.4) is 0 Å². The van der Waals surface area contributed by atoms with Gasteiger partial charge in [0, 0.05) is 0 Å². The SMILES string of the molecule is CCOC(=O)C1(C)c2cc(OC)ccc2-c2cc3ccccc3cc21. The number of hydrogen-bond donors (Lipinski definition) is 0. The molecule has 1 aliphatic rings. The van der Waals surface area contributed by atoms with Crippen molar-refractivity contribution < 1.29 is 14.3 Å². The van der Waals surface area contributed by atoms with Crippen molar-refractivity contribution in [3.05, 3.63) is 65.7 Å². The molecule has 0 spiro atoms. The van der Waals surface area contributed by atoms with Crippen LogP contribution in [0.4, 0.5) is 0 Å². The van der Waals surface area contributed by atoms with Crippen LogP contribution in [-0.4, -0.2) is 19.7 Å². The Morgan fingerprint density at radius 2 is 1.64 bits per heavy atom. The summed E-state index contributed by atoms with van der Waals surface area (Å²) in [4.78, 5) is 13.0. The molecule has 3 nitrogen and oxygen atoms in total. The number of esters is 1. The highest BCUT2D eigenvalue weighted by Gasteiger charge is 2.47. The average Bonchev–Trinajstić information content (AvgIpc) is 2.89. The number of methoxy groups -OCH3 is 1. The van der Waals surface area contributed by atoms with E-state index in [9.17, 15) is 4.79 Å². The summed E-state index contributed by atoms with van der Waals surface area (Å²) in [5, 5.41) is 2.28. The van der Waals surface area contributed by atoms with Crippen molar-refractivity contribution in [2.45, 2.75) is 19.3 Å². The van der Waals surface area contributed by atoms with Gasteiger partial charge < -0.3 is 9.47 Å². The molecule has 1 atom stereocenters. The highest BCUT2D eigenvalue weighted by atomic mass is 16.5. The predicted molar refractivity (Wildman–Crippen MR) is 99.0 cm³/mol. The van der Waals surface area contributed by atoms with Gasteiger partial charge in [0.05, 0.1) is 13.7 Å². The van der Waals surface area contributed by atoms with Crippen LogP contribution in [0.5, 0.6) is 5.75 Å². The Morgan fingerprint density at radius 3 is 2.32 bits per heavy atom. The van der Waals surface area contributed by atoms with Gasteiger partial charge >= 0.3 is 5.97 Å². The Morgan fingerprint density at radius 1 is 0.960 bits per heavy atom. The number of carbonyl (C=O) groups excluding carboxylic acids is 1. The van der Waals surface area contributed by atoms with Gasteiger partial charge in [-0.2, -0.15) is 0 Å². The first kappa shape index (κ1) is 15.7. The molecule has 0 heterocycles. The minimum atomic E-state index is -0.834. The molecule has 1 aliphatic carbocycles. The van der Waals surface area contributed by atoms with E-state index >= 15 is 0 Å². The Balaban J connectivity index is 2.05. The van der Waals surface area contributed by atoms with Crippen LogP contribution in [0.2, 0.25) is 0 Å². The summed E-state index contributed by atoms with van der Waals surface area (Å²) in [5.41, 5.74) is 3.26. The maximum absolute atomic E-state index is 13.0. The second-order valence-corrected chi connectivity index (χ2v) is 6.50. The molecular weight excluding hydrogens is 312 g/mol. The van der Waals surface area contributed by atoms with Crippen LogP contribution in [0.25, 0.3) is 21.9 Å². The topological polar surface area (TPSA) is 35.5 Å². The largest absolute Gasteiger partial charge is 0.497 e. The van der Waals surface area contributed by atoms with Gasteiger partial charge in [-0.25, -0.2) is 0 Å². The van der Waals surface area contributed by atoms with Gasteiger partial charge in [-0.3, -0.25) is 4.79 Å². The summed E-state index contributed by atoms with van der Waals surface area (Å²) in [6.45, 7) is 4.14. The molecule has 1 unspecified atom stereocenters. The molecule has 0 bridgehead atoms. The number of benzene rings is 3. The summed E-state index contributed by atoms with van der Waals surface area (Å²) in [5.74, 6) is 0.519. The number of fused-ring (bicyclic) bond motifs is 4. The van der Waals surface area contributed by atoms with E-state index in [0.29, 0.717) is 6.61 Å². The first-order valence-corrected chi connectivity index (χ1v) is 8.49. The van der Waals surface area contributed by atoms with E-state index in [1.165, 1.54) is 0 Å². The second-order valence-electron chi connectivity index (χ2n) is 6.50. The van der Waals surface area contributed by atoms with Gasteiger partial charge in [-0.1, -0.05) is 30.3 Å². The Kier molecular flexibility index (Phi) is 3.53. The van der Waals surface area contributed by atoms with E-state index in [0.717, 1.165) is 38.8 Å². The lowest BCUT2D eigenvalue weighted by atomic mass is 9.79. The molecule has 0 fully saturated rings. The first-order chi connectivity index (χ1) is 12.1. The van der Waals surface area contributed by atoms with E-state index in [1.807, 2.05) is 44.2 Å². The average molecular weight is 332 g/mol. The number of hydrogen-bond acceptors (Lipinski definition) is 3. The monoisotopic (exact) mass is 332 g/mol. The standard InChI is InChI=1S/C22H20O3/c1-4-25-21(23)22(2)19-12-15-8-6-5-7-14(15)11-18(19)17-10-9-16(24-3)13-20(17)22/h5-13H,4H2,1-3H3. The molecule has 0 saturated heterocycles. The summed E-state index contributed by atoms with van der Waals surface area (Å²) < 4.78 is 10.8. The van der Waals surface area contributed by atoms with Gasteiger partial charge in [-0.15, -0.1) is 0 Å². The smallest absolute Gasteiger partial charge is 0.320 e. The van der Waals surface area contributed by atoms with Crippen molar-refractivity contribution in [3.63, 3.8) is 0 Å². The molecular formula is C22H20O3. The molecule has 25 heavy (non-hydrogen) atoms. The quantitative estimate of drug-likeness (QED) is 0.652. The molecule has 3 aromatic carbocycles. The fourth-order valence-electron chi connectivity index (χ4n) is 3.82. The van der Waals surface area contributed by atoms with Crippen molar-refractivity contribution in [2.75, 3.05) is 13.7 Å². The van der Waals surface area contributed by atoms with Crippen molar-refractivity contribution in [1.29, 1.82) is 0 Å². The van der Waals surface area contributed by atoms with Crippen molar-refractivity contribution >= 4 is 16.7 Å². The molecule has 3 aromatic rings. The summed E-state index contributed by atoms with van der Waals surface area (Å²) in [7, 11) is 1.64. The fraction of sp³-hybridized carbons (Fsp3) is 0.227. The molecule has 0 N–H and O–H groups in total. The minimum Gasteiger partial charge on any atom is -0.497 e. The van der Waals surface area contributed by atoms with E-state index in [4.69, 9.17) is 9.47 Å². The summed E-state index contributed by atoms with van der Waals surface area (Å²) >= 11 is 0. The molecule has 4 rings (SSSR count). The van der Waals surface area contributed by atoms with Crippen molar-refractivity contribution in [3.8, 4) is 16.9 Å². The van der Waals surface area contributed by atoms with E-state index < -0.39 is 5.41 Å². The number of ether oxygens (including phenoxy) is 2. The second kappa shape index (κ2) is 5.62. The zero-order valence-corrected chi connectivity index (χ0v) is 14.6. The summed E-state index contributed by atoms with van der Waals surface area (Å²) in [6, 6.07) is 18.4. The lowest BCUT2D eigenvalue weighted by Gasteiger charge is -2.25. The van der Waals surface area contributed by atoms with Gasteiger partial charge in [0.1, 0.15) is 11.2 Å². The van der Waals surface area contributed by atoms with Gasteiger partial charge in [-0.05, 0) is 71.1 Å². The first-order valence-electron chi connectivity index (χ1n) is 8.49. The summed E-state index contributed by atoms with van der Waals surface area (Å²) in [6.07, 6.45) is 0. The van der Waals surface area contributed by atoms with Crippen LogP contribution in [0.1, 0.15) is 25.0 Å². The van der Waals surface area contributed by atoms with Crippen LogP contribution in [-0.2, 0) is 14.9 Å². The molecule has 0 saturated carbocycles. The van der Waals surface area contributed by atoms with Crippen LogP contribution in [0.15, 0.2) is 54.6 Å². The third kappa shape index (κ3) is 2.15. The van der Waals surface area contributed by atoms with Crippen molar-refractivity contribution in [2.24, 2.45) is 0 Å². The minimum absolute atomic E-state index is 0.224. The lowest BCUT2D eigenvalue weighted by molar-refractivity contribution is -0.147. The van der Waals surface area contributed by atoms with Crippen LogP contribution < -0.4 is 4.74 Å². The molecule has 126 valence electrons. The Labute approximate surface area is 147 Å². The van der Waals surface area contributed by atoms with Gasteiger partial charge in [0.15, 0.2) is 0 Å². The molecule has 0 radical (unpaired) electrons.